The van der Waals surface area contributed by atoms with Gasteiger partial charge in [0.05, 0.1) is 18.9 Å². The number of ether oxygens (including phenoxy) is 1. The predicted octanol–water partition coefficient (Wildman–Crippen LogP) is 2.01. The zero-order valence-corrected chi connectivity index (χ0v) is 16.1. The normalized spacial score (nSPS) is 16.7. The van der Waals surface area contributed by atoms with Gasteiger partial charge < -0.3 is 9.64 Å². The molecule has 1 heterocycles. The molecule has 0 unspecified atom stereocenters. The van der Waals surface area contributed by atoms with Gasteiger partial charge >= 0.3 is 0 Å². The van der Waals surface area contributed by atoms with Gasteiger partial charge in [-0.15, -0.1) is 0 Å². The maximum absolute atomic E-state index is 12.4. The Labute approximate surface area is 161 Å². The van der Waals surface area contributed by atoms with Crippen LogP contribution in [-0.4, -0.2) is 37.9 Å². The molecule has 27 heavy (non-hydrogen) atoms. The summed E-state index contributed by atoms with van der Waals surface area (Å²) in [5.74, 6) is -0.180. The number of rotatable bonds is 6. The molecular formula is C22H28N3O2+. The molecule has 142 valence electrons. The van der Waals surface area contributed by atoms with Crippen LogP contribution in [-0.2, 0) is 11.2 Å². The van der Waals surface area contributed by atoms with E-state index in [0.717, 1.165) is 38.4 Å². The van der Waals surface area contributed by atoms with Crippen LogP contribution in [0.3, 0.4) is 0 Å². The summed E-state index contributed by atoms with van der Waals surface area (Å²) >= 11 is 0. The van der Waals surface area contributed by atoms with Crippen molar-refractivity contribution in [2.45, 2.75) is 26.3 Å². The predicted molar refractivity (Wildman–Crippen MR) is 107 cm³/mol. The number of hydrogen-bond donors (Lipinski definition) is 2. The summed E-state index contributed by atoms with van der Waals surface area (Å²) in [5.41, 5.74) is 6.67. The summed E-state index contributed by atoms with van der Waals surface area (Å²) in [6.45, 7) is 7.45. The first-order chi connectivity index (χ1) is 13.2. The minimum atomic E-state index is -0.180. The Morgan fingerprint density at radius 2 is 1.78 bits per heavy atom. The Morgan fingerprint density at radius 1 is 1.11 bits per heavy atom. The number of quaternary nitrogens is 1. The highest BCUT2D eigenvalue weighted by Crippen LogP contribution is 2.12. The Kier molecular flexibility index (Phi) is 6.74. The van der Waals surface area contributed by atoms with Crippen LogP contribution in [0, 0.1) is 0 Å². The van der Waals surface area contributed by atoms with E-state index >= 15 is 0 Å². The summed E-state index contributed by atoms with van der Waals surface area (Å²) in [6, 6.07) is 18.1. The maximum atomic E-state index is 12.4. The quantitative estimate of drug-likeness (QED) is 0.607. The van der Waals surface area contributed by atoms with Crippen molar-refractivity contribution in [2.75, 3.05) is 26.3 Å². The molecule has 0 bridgehead atoms. The Bertz CT molecular complexity index is 766. The summed E-state index contributed by atoms with van der Waals surface area (Å²) in [5, 5.41) is 4.45. The van der Waals surface area contributed by atoms with E-state index in [-0.39, 0.29) is 11.9 Å². The number of hydrogen-bond acceptors (Lipinski definition) is 3. The first kappa shape index (κ1) is 19.3. The van der Waals surface area contributed by atoms with Crippen LogP contribution in [0.1, 0.15) is 41.4 Å². The Balaban J connectivity index is 1.75. The van der Waals surface area contributed by atoms with E-state index in [9.17, 15) is 4.79 Å². The molecule has 0 spiro atoms. The molecule has 1 aliphatic rings. The van der Waals surface area contributed by atoms with Crippen molar-refractivity contribution < 1.29 is 14.4 Å². The van der Waals surface area contributed by atoms with Crippen LogP contribution in [0.5, 0.6) is 0 Å². The van der Waals surface area contributed by atoms with E-state index in [1.807, 2.05) is 49.4 Å². The van der Waals surface area contributed by atoms with E-state index in [2.05, 4.69) is 29.6 Å². The molecular weight excluding hydrogens is 338 g/mol. The fraction of sp³-hybridized carbons (Fsp3) is 0.364. The van der Waals surface area contributed by atoms with Crippen molar-refractivity contribution in [3.05, 3.63) is 71.3 Å². The number of hydrazone groups is 1. The molecule has 0 saturated carbocycles. The molecule has 2 N–H and O–H groups in total. The van der Waals surface area contributed by atoms with Crippen LogP contribution in [0.4, 0.5) is 0 Å². The van der Waals surface area contributed by atoms with Gasteiger partial charge in [-0.2, -0.15) is 5.10 Å². The molecule has 0 radical (unpaired) electrons. The molecule has 1 aliphatic heterocycles. The number of carbonyl (C=O) groups excluding carboxylic acids is 1. The highest BCUT2D eigenvalue weighted by Gasteiger charge is 2.29. The second-order valence-corrected chi connectivity index (χ2v) is 6.86. The molecule has 5 heteroatoms. The van der Waals surface area contributed by atoms with E-state index in [0.29, 0.717) is 5.56 Å². The van der Waals surface area contributed by atoms with Crippen molar-refractivity contribution in [3.8, 4) is 0 Å². The largest absolute Gasteiger partial charge is 0.370 e. The van der Waals surface area contributed by atoms with Crippen LogP contribution >= 0.6 is 0 Å². The van der Waals surface area contributed by atoms with Crippen molar-refractivity contribution in [1.29, 1.82) is 0 Å². The minimum absolute atomic E-state index is 0.109. The molecule has 5 nitrogen and oxygen atoms in total. The van der Waals surface area contributed by atoms with Crippen molar-refractivity contribution >= 4 is 11.6 Å². The molecule has 0 aliphatic carbocycles. The van der Waals surface area contributed by atoms with Crippen molar-refractivity contribution in [3.63, 3.8) is 0 Å². The second kappa shape index (κ2) is 9.44. The van der Waals surface area contributed by atoms with Gasteiger partial charge in [-0.25, -0.2) is 5.43 Å². The monoisotopic (exact) mass is 366 g/mol. The fourth-order valence-corrected chi connectivity index (χ4v) is 3.50. The number of nitrogens with zero attached hydrogens (tertiary/aromatic N) is 1. The first-order valence-corrected chi connectivity index (χ1v) is 9.59. The molecule has 1 amide bonds. The second-order valence-electron chi connectivity index (χ2n) is 6.86. The lowest BCUT2D eigenvalue weighted by atomic mass is 10.0. The lowest BCUT2D eigenvalue weighted by Gasteiger charge is -2.31. The lowest BCUT2D eigenvalue weighted by molar-refractivity contribution is -0.928. The van der Waals surface area contributed by atoms with E-state index in [1.54, 1.807) is 0 Å². The summed E-state index contributed by atoms with van der Waals surface area (Å²) in [6.07, 6.45) is 0.959. The topological polar surface area (TPSA) is 55.1 Å². The molecule has 3 rings (SSSR count). The number of carbonyl (C=O) groups is 1. The average molecular weight is 366 g/mol. The number of aryl methyl sites for hydroxylation is 1. The molecule has 0 aromatic heterocycles. The number of amides is 1. The van der Waals surface area contributed by atoms with E-state index < -0.39 is 0 Å². The minimum Gasteiger partial charge on any atom is -0.370 e. The van der Waals surface area contributed by atoms with E-state index in [4.69, 9.17) is 4.74 Å². The summed E-state index contributed by atoms with van der Waals surface area (Å²) in [7, 11) is 0. The van der Waals surface area contributed by atoms with E-state index in [1.165, 1.54) is 16.0 Å². The van der Waals surface area contributed by atoms with Crippen LogP contribution in [0.2, 0.25) is 0 Å². The van der Waals surface area contributed by atoms with Gasteiger partial charge in [0, 0.05) is 11.1 Å². The van der Waals surface area contributed by atoms with Gasteiger partial charge in [-0.3, -0.25) is 4.79 Å². The van der Waals surface area contributed by atoms with Crippen LogP contribution < -0.4 is 10.3 Å². The third-order valence-electron chi connectivity index (χ3n) is 5.05. The number of benzene rings is 2. The number of morpholine rings is 1. The molecule has 2 aromatic carbocycles. The third-order valence-corrected chi connectivity index (χ3v) is 5.05. The molecule has 2 aromatic rings. The maximum Gasteiger partial charge on any atom is 0.271 e. The first-order valence-electron chi connectivity index (χ1n) is 9.59. The Morgan fingerprint density at radius 3 is 2.41 bits per heavy atom. The average Bonchev–Trinajstić information content (AvgIpc) is 2.74. The summed E-state index contributed by atoms with van der Waals surface area (Å²) < 4.78 is 5.51. The van der Waals surface area contributed by atoms with Gasteiger partial charge in [-0.05, 0) is 31.0 Å². The van der Waals surface area contributed by atoms with Gasteiger partial charge in [0.2, 0.25) is 0 Å². The Hall–Kier alpha value is -2.50. The molecule has 1 saturated heterocycles. The third kappa shape index (κ3) is 5.02. The summed E-state index contributed by atoms with van der Waals surface area (Å²) in [4.78, 5) is 13.9. The van der Waals surface area contributed by atoms with Gasteiger partial charge in [0.15, 0.2) is 6.04 Å². The van der Waals surface area contributed by atoms with Crippen LogP contribution in [0.25, 0.3) is 0 Å². The smallest absolute Gasteiger partial charge is 0.271 e. The lowest BCUT2D eigenvalue weighted by Crippen LogP contribution is -3.15. The highest BCUT2D eigenvalue weighted by molar-refractivity contribution is 5.95. The fourth-order valence-electron chi connectivity index (χ4n) is 3.50. The van der Waals surface area contributed by atoms with Crippen molar-refractivity contribution in [2.24, 2.45) is 5.10 Å². The molecule has 1 fully saturated rings. The van der Waals surface area contributed by atoms with Gasteiger partial charge in [0.1, 0.15) is 13.1 Å². The number of nitrogens with one attached hydrogen (secondary N) is 2. The van der Waals surface area contributed by atoms with Crippen molar-refractivity contribution in [1.82, 2.24) is 5.43 Å². The molecule has 1 atom stereocenters. The van der Waals surface area contributed by atoms with Gasteiger partial charge in [0.25, 0.3) is 5.91 Å². The SMILES string of the molecule is CCc1ccc(C(=O)N/N=C(/C)[C@@H](c2ccccc2)[NH+]2CCOCC2)cc1. The van der Waals surface area contributed by atoms with Crippen LogP contribution in [0.15, 0.2) is 59.7 Å². The zero-order chi connectivity index (χ0) is 19.1. The van der Waals surface area contributed by atoms with Gasteiger partial charge in [-0.1, -0.05) is 49.4 Å². The standard InChI is InChI=1S/C22H27N3O2/c1-3-18-9-11-20(12-10-18)22(26)24-23-17(2)21(19-7-5-4-6-8-19)25-13-15-27-16-14-25/h4-12,21H,3,13-16H2,1-2H3,(H,24,26)/p+1/b23-17-/t21-/m0/s1. The highest BCUT2D eigenvalue weighted by atomic mass is 16.5. The zero-order valence-electron chi connectivity index (χ0n) is 16.1.